The molecule has 20 heavy (non-hydrogen) atoms. The van der Waals surface area contributed by atoms with Crippen molar-refractivity contribution in [3.8, 4) is 5.75 Å². The van der Waals surface area contributed by atoms with Gasteiger partial charge in [0, 0.05) is 0 Å². The molecule has 0 aliphatic rings. The Morgan fingerprint density at radius 3 is 2.15 bits per heavy atom. The van der Waals surface area contributed by atoms with Crippen LogP contribution >= 0.6 is 0 Å². The van der Waals surface area contributed by atoms with E-state index in [1.54, 1.807) is 24.3 Å². The summed E-state index contributed by atoms with van der Waals surface area (Å²) in [6, 6.07) is 14.5. The quantitative estimate of drug-likeness (QED) is 0.846. The SMILES string of the molecule is NCCc1ccc(OCc2ccc(C(=O)O)cc2)cc1. The molecule has 0 fully saturated rings. The van der Waals surface area contributed by atoms with Crippen molar-refractivity contribution in [3.63, 3.8) is 0 Å². The lowest BCUT2D eigenvalue weighted by atomic mass is 10.1. The van der Waals surface area contributed by atoms with E-state index >= 15 is 0 Å². The molecule has 0 amide bonds. The van der Waals surface area contributed by atoms with Crippen LogP contribution in [0.5, 0.6) is 5.75 Å². The van der Waals surface area contributed by atoms with Gasteiger partial charge in [0.15, 0.2) is 0 Å². The van der Waals surface area contributed by atoms with Gasteiger partial charge >= 0.3 is 5.97 Å². The van der Waals surface area contributed by atoms with Crippen molar-refractivity contribution in [2.75, 3.05) is 6.54 Å². The van der Waals surface area contributed by atoms with Gasteiger partial charge in [-0.3, -0.25) is 0 Å². The van der Waals surface area contributed by atoms with Gasteiger partial charge in [-0.05, 0) is 48.4 Å². The minimum Gasteiger partial charge on any atom is -0.489 e. The van der Waals surface area contributed by atoms with E-state index in [1.807, 2.05) is 24.3 Å². The van der Waals surface area contributed by atoms with E-state index in [9.17, 15) is 4.79 Å². The standard InChI is InChI=1S/C16H17NO3/c17-10-9-12-3-7-15(8-4-12)20-11-13-1-5-14(6-2-13)16(18)19/h1-8H,9-11,17H2,(H,18,19). The zero-order valence-corrected chi connectivity index (χ0v) is 11.1. The van der Waals surface area contributed by atoms with Gasteiger partial charge in [-0.25, -0.2) is 4.79 Å². The van der Waals surface area contributed by atoms with Crippen molar-refractivity contribution in [3.05, 3.63) is 65.2 Å². The molecule has 0 saturated heterocycles. The van der Waals surface area contributed by atoms with Gasteiger partial charge in [-0.2, -0.15) is 0 Å². The van der Waals surface area contributed by atoms with Crippen molar-refractivity contribution in [2.45, 2.75) is 13.0 Å². The number of rotatable bonds is 6. The Balaban J connectivity index is 1.92. The molecular weight excluding hydrogens is 254 g/mol. The number of benzene rings is 2. The third kappa shape index (κ3) is 3.83. The molecule has 0 atom stereocenters. The molecule has 0 bridgehead atoms. The number of hydrogen-bond acceptors (Lipinski definition) is 3. The summed E-state index contributed by atoms with van der Waals surface area (Å²) in [5.41, 5.74) is 7.89. The summed E-state index contributed by atoms with van der Waals surface area (Å²) < 4.78 is 5.65. The molecule has 0 spiro atoms. The number of carboxylic acids is 1. The monoisotopic (exact) mass is 271 g/mol. The summed E-state index contributed by atoms with van der Waals surface area (Å²) >= 11 is 0. The minimum absolute atomic E-state index is 0.278. The van der Waals surface area contributed by atoms with E-state index in [2.05, 4.69) is 0 Å². The Morgan fingerprint density at radius 2 is 1.60 bits per heavy atom. The first-order valence-corrected chi connectivity index (χ1v) is 6.43. The lowest BCUT2D eigenvalue weighted by Crippen LogP contribution is -2.02. The fraction of sp³-hybridized carbons (Fsp3) is 0.188. The molecule has 0 saturated carbocycles. The maximum atomic E-state index is 10.7. The van der Waals surface area contributed by atoms with Gasteiger partial charge in [0.2, 0.25) is 0 Å². The molecule has 0 radical (unpaired) electrons. The van der Waals surface area contributed by atoms with Crippen molar-refractivity contribution in [1.82, 2.24) is 0 Å². The zero-order chi connectivity index (χ0) is 14.4. The molecule has 0 aliphatic carbocycles. The molecule has 0 aromatic heterocycles. The average molecular weight is 271 g/mol. The maximum absolute atomic E-state index is 10.7. The van der Waals surface area contributed by atoms with Crippen LogP contribution in [0.3, 0.4) is 0 Å². The van der Waals surface area contributed by atoms with Crippen LogP contribution in [-0.2, 0) is 13.0 Å². The second-order valence-corrected chi connectivity index (χ2v) is 4.47. The van der Waals surface area contributed by atoms with Crippen LogP contribution < -0.4 is 10.5 Å². The van der Waals surface area contributed by atoms with E-state index in [0.29, 0.717) is 13.2 Å². The van der Waals surface area contributed by atoms with Crippen LogP contribution in [-0.4, -0.2) is 17.6 Å². The summed E-state index contributed by atoms with van der Waals surface area (Å²) in [6.07, 6.45) is 0.858. The molecule has 104 valence electrons. The molecule has 2 rings (SSSR count). The average Bonchev–Trinajstić information content (AvgIpc) is 2.47. The molecule has 4 nitrogen and oxygen atoms in total. The largest absolute Gasteiger partial charge is 0.489 e. The Bertz CT molecular complexity index is 561. The molecule has 3 N–H and O–H groups in total. The predicted octanol–water partition coefficient (Wildman–Crippen LogP) is 2.47. The topological polar surface area (TPSA) is 72.5 Å². The van der Waals surface area contributed by atoms with Crippen LogP contribution in [0.15, 0.2) is 48.5 Å². The minimum atomic E-state index is -0.923. The smallest absolute Gasteiger partial charge is 0.335 e. The number of hydrogen-bond donors (Lipinski definition) is 2. The summed E-state index contributed by atoms with van der Waals surface area (Å²) in [5.74, 6) is -0.138. The van der Waals surface area contributed by atoms with Crippen LogP contribution in [0, 0.1) is 0 Å². The highest BCUT2D eigenvalue weighted by atomic mass is 16.5. The van der Waals surface area contributed by atoms with E-state index in [-0.39, 0.29) is 5.56 Å². The third-order valence-electron chi connectivity index (χ3n) is 2.96. The zero-order valence-electron chi connectivity index (χ0n) is 11.1. The number of ether oxygens (including phenoxy) is 1. The third-order valence-corrected chi connectivity index (χ3v) is 2.96. The van der Waals surface area contributed by atoms with Gasteiger partial charge in [-0.1, -0.05) is 24.3 Å². The highest BCUT2D eigenvalue weighted by Gasteiger charge is 2.02. The Hall–Kier alpha value is -2.33. The molecule has 0 unspecified atom stereocenters. The summed E-state index contributed by atoms with van der Waals surface area (Å²) in [5, 5.41) is 8.81. The molecular formula is C16H17NO3. The summed E-state index contributed by atoms with van der Waals surface area (Å²) in [4.78, 5) is 10.7. The Labute approximate surface area is 117 Å². The normalized spacial score (nSPS) is 10.2. The summed E-state index contributed by atoms with van der Waals surface area (Å²) in [7, 11) is 0. The maximum Gasteiger partial charge on any atom is 0.335 e. The Kier molecular flexibility index (Phi) is 4.74. The van der Waals surface area contributed by atoms with Gasteiger partial charge in [0.05, 0.1) is 5.56 Å². The van der Waals surface area contributed by atoms with Crippen molar-refractivity contribution >= 4 is 5.97 Å². The first-order valence-electron chi connectivity index (χ1n) is 6.43. The van der Waals surface area contributed by atoms with Crippen LogP contribution in [0.2, 0.25) is 0 Å². The number of aromatic carboxylic acids is 1. The Morgan fingerprint density at radius 1 is 1.00 bits per heavy atom. The van der Waals surface area contributed by atoms with Gasteiger partial charge in [0.1, 0.15) is 12.4 Å². The van der Waals surface area contributed by atoms with Gasteiger partial charge < -0.3 is 15.6 Å². The van der Waals surface area contributed by atoms with Gasteiger partial charge in [0.25, 0.3) is 0 Å². The first-order chi connectivity index (χ1) is 9.69. The van der Waals surface area contributed by atoms with Crippen molar-refractivity contribution in [1.29, 1.82) is 0 Å². The highest BCUT2D eigenvalue weighted by Crippen LogP contribution is 2.15. The number of nitrogens with two attached hydrogens (primary N) is 1. The molecule has 0 aliphatic heterocycles. The number of carboxylic acid groups (broad SMARTS) is 1. The fourth-order valence-corrected chi connectivity index (χ4v) is 1.83. The molecule has 0 heterocycles. The van der Waals surface area contributed by atoms with Crippen LogP contribution in [0.1, 0.15) is 21.5 Å². The highest BCUT2D eigenvalue weighted by molar-refractivity contribution is 5.87. The fourth-order valence-electron chi connectivity index (χ4n) is 1.83. The van der Waals surface area contributed by atoms with E-state index in [1.165, 1.54) is 5.56 Å². The predicted molar refractivity (Wildman–Crippen MR) is 76.9 cm³/mol. The number of carbonyl (C=O) groups is 1. The van der Waals surface area contributed by atoms with Crippen LogP contribution in [0.4, 0.5) is 0 Å². The lowest BCUT2D eigenvalue weighted by Gasteiger charge is -2.07. The van der Waals surface area contributed by atoms with E-state index in [0.717, 1.165) is 17.7 Å². The molecule has 2 aromatic carbocycles. The second-order valence-electron chi connectivity index (χ2n) is 4.47. The molecule has 4 heteroatoms. The van der Waals surface area contributed by atoms with Crippen LogP contribution in [0.25, 0.3) is 0 Å². The van der Waals surface area contributed by atoms with Crippen molar-refractivity contribution < 1.29 is 14.6 Å². The summed E-state index contributed by atoms with van der Waals surface area (Å²) in [6.45, 7) is 1.05. The second kappa shape index (κ2) is 6.73. The molecule has 2 aromatic rings. The van der Waals surface area contributed by atoms with Gasteiger partial charge in [-0.15, -0.1) is 0 Å². The first kappa shape index (κ1) is 14.1. The van der Waals surface area contributed by atoms with E-state index in [4.69, 9.17) is 15.6 Å². The van der Waals surface area contributed by atoms with E-state index < -0.39 is 5.97 Å². The van der Waals surface area contributed by atoms with Crippen molar-refractivity contribution in [2.24, 2.45) is 5.73 Å². The lowest BCUT2D eigenvalue weighted by molar-refractivity contribution is 0.0697.